The van der Waals surface area contributed by atoms with Crippen molar-refractivity contribution in [1.29, 1.82) is 0 Å². The normalized spacial score (nSPS) is 18.9. The number of piperidine rings is 1. The molecule has 152 valence electrons. The molecule has 0 aliphatic carbocycles. The predicted octanol–water partition coefficient (Wildman–Crippen LogP) is 3.11. The van der Waals surface area contributed by atoms with Crippen LogP contribution in [0, 0.1) is 19.8 Å². The lowest BCUT2D eigenvalue weighted by Crippen LogP contribution is -2.41. The summed E-state index contributed by atoms with van der Waals surface area (Å²) in [5.74, 6) is -0.172. The topological polar surface area (TPSA) is 80.8 Å². The predicted molar refractivity (Wildman–Crippen MR) is 107 cm³/mol. The molecule has 0 spiro atoms. The fourth-order valence-electron chi connectivity index (χ4n) is 3.20. The average Bonchev–Trinajstić information content (AvgIpc) is 2.67. The Hall–Kier alpha value is -1.74. The highest BCUT2D eigenvalue weighted by molar-refractivity contribution is 7.89. The summed E-state index contributed by atoms with van der Waals surface area (Å²) in [6.07, 6.45) is 1.40. The minimum absolute atomic E-state index is 0.0316. The second kappa shape index (κ2) is 8.32. The molecule has 0 aromatic heterocycles. The van der Waals surface area contributed by atoms with Gasteiger partial charge in [0.15, 0.2) is 0 Å². The third kappa shape index (κ3) is 4.81. The van der Waals surface area contributed by atoms with Crippen molar-refractivity contribution in [3.05, 3.63) is 59.7 Å². The van der Waals surface area contributed by atoms with E-state index in [1.165, 1.54) is 16.4 Å². The zero-order chi connectivity index (χ0) is 20.4. The van der Waals surface area contributed by atoms with Crippen molar-refractivity contribution in [3.8, 4) is 0 Å². The molecule has 0 N–H and O–H groups in total. The van der Waals surface area contributed by atoms with Gasteiger partial charge in [-0.1, -0.05) is 35.4 Å². The Labute approximate surface area is 167 Å². The fraction of sp³-hybridized carbons (Fsp3) is 0.400. The number of aryl methyl sites for hydroxylation is 2. The lowest BCUT2D eigenvalue weighted by Gasteiger charge is -2.31. The van der Waals surface area contributed by atoms with Gasteiger partial charge in [0.25, 0.3) is 10.1 Å². The molecule has 0 bridgehead atoms. The molecular weight excluding hydrogens is 398 g/mol. The first-order chi connectivity index (χ1) is 13.2. The molecule has 6 nitrogen and oxygen atoms in total. The molecule has 28 heavy (non-hydrogen) atoms. The second-order valence-corrected chi connectivity index (χ2v) is 10.8. The van der Waals surface area contributed by atoms with Crippen LogP contribution >= 0.6 is 0 Å². The van der Waals surface area contributed by atoms with E-state index in [2.05, 4.69) is 0 Å². The molecule has 0 unspecified atom stereocenters. The number of hydrogen-bond acceptors (Lipinski definition) is 5. The van der Waals surface area contributed by atoms with Crippen LogP contribution in [-0.2, 0) is 24.3 Å². The van der Waals surface area contributed by atoms with Crippen molar-refractivity contribution in [2.75, 3.05) is 19.7 Å². The first kappa shape index (κ1) is 21.0. The third-order valence-electron chi connectivity index (χ3n) is 4.91. The largest absolute Gasteiger partial charge is 0.296 e. The summed E-state index contributed by atoms with van der Waals surface area (Å²) in [6, 6.07) is 13.2. The van der Waals surface area contributed by atoms with E-state index in [4.69, 9.17) is 4.18 Å². The quantitative estimate of drug-likeness (QED) is 0.667. The summed E-state index contributed by atoms with van der Waals surface area (Å²) in [5.41, 5.74) is 1.95. The van der Waals surface area contributed by atoms with Crippen LogP contribution in [0.3, 0.4) is 0 Å². The van der Waals surface area contributed by atoms with Gasteiger partial charge in [0.05, 0.1) is 16.4 Å². The maximum atomic E-state index is 12.9. The Morgan fingerprint density at radius 3 is 2.00 bits per heavy atom. The van der Waals surface area contributed by atoms with Gasteiger partial charge in [-0.15, -0.1) is 0 Å². The van der Waals surface area contributed by atoms with Crippen LogP contribution in [0.1, 0.15) is 24.0 Å². The lowest BCUT2D eigenvalue weighted by atomic mass is 10.0. The standard InChI is InChI=1S/C20H25NO5S2/c1-16-5-9-19(10-6-16)27(22,23)21-13-3-4-18(14-21)15-26-28(24,25)20-11-7-17(2)8-12-20/h5-12,18H,3-4,13-15H2,1-2H3/t18-/m0/s1. The van der Waals surface area contributed by atoms with E-state index in [0.717, 1.165) is 17.5 Å². The summed E-state index contributed by atoms with van der Waals surface area (Å²) < 4.78 is 57.1. The van der Waals surface area contributed by atoms with Gasteiger partial charge in [0.1, 0.15) is 0 Å². The van der Waals surface area contributed by atoms with E-state index < -0.39 is 20.1 Å². The molecule has 2 aromatic rings. The van der Waals surface area contributed by atoms with Gasteiger partial charge in [-0.25, -0.2) is 8.42 Å². The molecule has 1 saturated heterocycles. The van der Waals surface area contributed by atoms with Crippen molar-refractivity contribution < 1.29 is 21.0 Å². The molecule has 1 heterocycles. The van der Waals surface area contributed by atoms with Gasteiger partial charge in [0, 0.05) is 13.1 Å². The van der Waals surface area contributed by atoms with Crippen molar-refractivity contribution in [3.63, 3.8) is 0 Å². The molecule has 1 atom stereocenters. The number of hydrogen-bond donors (Lipinski definition) is 0. The van der Waals surface area contributed by atoms with E-state index in [1.54, 1.807) is 36.4 Å². The molecule has 1 fully saturated rings. The SMILES string of the molecule is Cc1ccc(S(=O)(=O)OC[C@H]2CCCN(S(=O)(=O)c3ccc(C)cc3)C2)cc1. The zero-order valence-corrected chi connectivity index (χ0v) is 17.7. The highest BCUT2D eigenvalue weighted by Gasteiger charge is 2.31. The highest BCUT2D eigenvalue weighted by Crippen LogP contribution is 2.25. The van der Waals surface area contributed by atoms with E-state index in [9.17, 15) is 16.8 Å². The van der Waals surface area contributed by atoms with E-state index in [0.29, 0.717) is 13.0 Å². The van der Waals surface area contributed by atoms with E-state index >= 15 is 0 Å². The molecule has 3 rings (SSSR count). The van der Waals surface area contributed by atoms with Gasteiger partial charge >= 0.3 is 0 Å². The number of benzene rings is 2. The third-order valence-corrected chi connectivity index (χ3v) is 8.08. The van der Waals surface area contributed by atoms with Crippen molar-refractivity contribution in [2.24, 2.45) is 5.92 Å². The number of sulfonamides is 1. The Bertz CT molecular complexity index is 1010. The number of rotatable bonds is 6. The van der Waals surface area contributed by atoms with Gasteiger partial charge in [-0.3, -0.25) is 4.18 Å². The van der Waals surface area contributed by atoms with Crippen LogP contribution in [0.25, 0.3) is 0 Å². The van der Waals surface area contributed by atoms with E-state index in [-0.39, 0.29) is 28.9 Å². The summed E-state index contributed by atoms with van der Waals surface area (Å²) in [6.45, 7) is 4.43. The molecule has 0 radical (unpaired) electrons. The smallest absolute Gasteiger partial charge is 0.266 e. The molecule has 2 aromatic carbocycles. The zero-order valence-electron chi connectivity index (χ0n) is 16.0. The molecular formula is C20H25NO5S2. The van der Waals surface area contributed by atoms with Crippen molar-refractivity contribution >= 4 is 20.1 Å². The fourth-order valence-corrected chi connectivity index (χ4v) is 5.73. The van der Waals surface area contributed by atoms with Crippen LogP contribution in [0.5, 0.6) is 0 Å². The first-order valence-corrected chi connectivity index (χ1v) is 12.1. The maximum Gasteiger partial charge on any atom is 0.296 e. The summed E-state index contributed by atoms with van der Waals surface area (Å²) in [7, 11) is -7.45. The number of nitrogens with zero attached hydrogens (tertiary/aromatic N) is 1. The van der Waals surface area contributed by atoms with Gasteiger partial charge in [0.2, 0.25) is 10.0 Å². The summed E-state index contributed by atoms with van der Waals surface area (Å²) >= 11 is 0. The molecule has 8 heteroatoms. The summed E-state index contributed by atoms with van der Waals surface area (Å²) in [4.78, 5) is 0.366. The summed E-state index contributed by atoms with van der Waals surface area (Å²) in [5, 5.41) is 0. The van der Waals surface area contributed by atoms with E-state index in [1.807, 2.05) is 13.8 Å². The minimum Gasteiger partial charge on any atom is -0.266 e. The highest BCUT2D eigenvalue weighted by atomic mass is 32.2. The monoisotopic (exact) mass is 423 g/mol. The first-order valence-electron chi connectivity index (χ1n) is 9.21. The van der Waals surface area contributed by atoms with Crippen LogP contribution in [0.4, 0.5) is 0 Å². The Morgan fingerprint density at radius 2 is 1.43 bits per heavy atom. The average molecular weight is 424 g/mol. The van der Waals surface area contributed by atoms with Crippen LogP contribution in [0.2, 0.25) is 0 Å². The van der Waals surface area contributed by atoms with Crippen LogP contribution in [-0.4, -0.2) is 40.8 Å². The van der Waals surface area contributed by atoms with Crippen molar-refractivity contribution in [1.82, 2.24) is 4.31 Å². The Kier molecular flexibility index (Phi) is 6.24. The van der Waals surface area contributed by atoms with Crippen LogP contribution in [0.15, 0.2) is 58.3 Å². The minimum atomic E-state index is -3.85. The van der Waals surface area contributed by atoms with Crippen molar-refractivity contribution in [2.45, 2.75) is 36.5 Å². The Balaban J connectivity index is 1.66. The van der Waals surface area contributed by atoms with Gasteiger partial charge in [-0.05, 0) is 56.9 Å². The van der Waals surface area contributed by atoms with Gasteiger partial charge in [-0.2, -0.15) is 12.7 Å². The Morgan fingerprint density at radius 1 is 0.893 bits per heavy atom. The van der Waals surface area contributed by atoms with Gasteiger partial charge < -0.3 is 0 Å². The molecule has 1 aliphatic rings. The maximum absolute atomic E-state index is 12.9. The molecule has 0 saturated carbocycles. The molecule has 1 aliphatic heterocycles. The second-order valence-electron chi connectivity index (χ2n) is 7.24. The molecule has 0 amide bonds. The lowest BCUT2D eigenvalue weighted by molar-refractivity contribution is 0.184. The van der Waals surface area contributed by atoms with Crippen LogP contribution < -0.4 is 0 Å².